The minimum absolute atomic E-state index is 0.0133. The van der Waals surface area contributed by atoms with Crippen LogP contribution < -0.4 is 15.5 Å². The number of rotatable bonds is 12. The second kappa shape index (κ2) is 14.4. The Balaban J connectivity index is 1.71. The van der Waals surface area contributed by atoms with E-state index in [1.807, 2.05) is 16.6 Å². The van der Waals surface area contributed by atoms with Gasteiger partial charge < -0.3 is 29.4 Å². The van der Waals surface area contributed by atoms with E-state index in [0.29, 0.717) is 49.7 Å². The van der Waals surface area contributed by atoms with Gasteiger partial charge in [0, 0.05) is 62.8 Å². The number of nitrogens with zero attached hydrogens (tertiary/aromatic N) is 4. The minimum Gasteiger partial charge on any atom is -0.459 e. The zero-order valence-electron chi connectivity index (χ0n) is 29.3. The maximum Gasteiger partial charge on any atom is 0.303 e. The van der Waals surface area contributed by atoms with Crippen molar-refractivity contribution in [3.05, 3.63) is 52.6 Å². The van der Waals surface area contributed by atoms with E-state index >= 15 is 4.39 Å². The highest BCUT2D eigenvalue weighted by atomic mass is 28.4. The zero-order valence-corrected chi connectivity index (χ0v) is 30.3. The Morgan fingerprint density at radius 3 is 2.48 bits per heavy atom. The highest BCUT2D eigenvalue weighted by Crippen LogP contribution is 2.36. The molecule has 0 bridgehead atoms. The average Bonchev–Trinajstić information content (AvgIpc) is 3.31. The van der Waals surface area contributed by atoms with Gasteiger partial charge in [0.05, 0.1) is 24.6 Å². The van der Waals surface area contributed by atoms with Crippen molar-refractivity contribution in [1.29, 1.82) is 0 Å². The summed E-state index contributed by atoms with van der Waals surface area (Å²) in [5.74, 6) is 0.106. The van der Waals surface area contributed by atoms with Crippen molar-refractivity contribution in [3.8, 4) is 0 Å². The van der Waals surface area contributed by atoms with Gasteiger partial charge in [-0.05, 0) is 57.5 Å². The summed E-state index contributed by atoms with van der Waals surface area (Å²) in [6, 6.07) is 7.20. The summed E-state index contributed by atoms with van der Waals surface area (Å²) in [6.45, 7) is 24.4. The third-order valence-electron chi connectivity index (χ3n) is 8.71. The summed E-state index contributed by atoms with van der Waals surface area (Å²) >= 11 is 0. The molecule has 1 unspecified atom stereocenters. The Bertz CT molecular complexity index is 1510. The van der Waals surface area contributed by atoms with Crippen molar-refractivity contribution in [2.45, 2.75) is 105 Å². The van der Waals surface area contributed by atoms with Crippen LogP contribution in [0.5, 0.6) is 0 Å². The van der Waals surface area contributed by atoms with Crippen LogP contribution in [0, 0.1) is 5.82 Å². The minimum atomic E-state index is -1.91. The number of anilines is 2. The highest BCUT2D eigenvalue weighted by Gasteiger charge is 2.37. The van der Waals surface area contributed by atoms with Crippen LogP contribution in [0.15, 0.2) is 24.3 Å². The van der Waals surface area contributed by atoms with Gasteiger partial charge in [-0.15, -0.1) is 5.10 Å². The number of fused-ring (bicyclic) bond motifs is 1. The van der Waals surface area contributed by atoms with Crippen molar-refractivity contribution in [1.82, 2.24) is 19.9 Å². The average molecular weight is 657 g/mol. The number of carbonyl (C=O) groups excluding carboxylic acids is 1. The van der Waals surface area contributed by atoms with Gasteiger partial charge in [-0.3, -0.25) is 4.79 Å². The van der Waals surface area contributed by atoms with Gasteiger partial charge in [-0.1, -0.05) is 32.9 Å². The Morgan fingerprint density at radius 1 is 1.15 bits per heavy atom. The van der Waals surface area contributed by atoms with E-state index in [1.165, 1.54) is 13.0 Å². The maximum absolute atomic E-state index is 15.5. The van der Waals surface area contributed by atoms with E-state index in [0.717, 1.165) is 35.9 Å². The summed E-state index contributed by atoms with van der Waals surface area (Å²) in [5, 5.41) is 12.2. The Kier molecular flexibility index (Phi) is 11.2. The number of aromatic nitrogens is 3. The molecule has 3 aromatic rings. The fraction of sp³-hybridized carbons (Fsp3) is 0.618. The predicted octanol–water partition coefficient (Wildman–Crippen LogP) is 6.07. The molecule has 46 heavy (non-hydrogen) atoms. The van der Waals surface area contributed by atoms with E-state index in [9.17, 15) is 4.79 Å². The van der Waals surface area contributed by atoms with Crippen molar-refractivity contribution >= 4 is 31.4 Å². The SMILES string of the molecule is CC(=O)OCc1nc2c(NC(C)(C)C)cc(N3CCOCC3)nn2c1Cc1cccc(F)c1CNC(C)CO[Si](C)(C)C(C)(C)C. The van der Waals surface area contributed by atoms with Gasteiger partial charge in [-0.25, -0.2) is 13.9 Å². The van der Waals surface area contributed by atoms with E-state index in [2.05, 4.69) is 77.1 Å². The fourth-order valence-corrected chi connectivity index (χ4v) is 6.13. The van der Waals surface area contributed by atoms with Gasteiger partial charge in [-0.2, -0.15) is 0 Å². The zero-order chi connectivity index (χ0) is 33.9. The molecule has 2 aromatic heterocycles. The summed E-state index contributed by atoms with van der Waals surface area (Å²) in [6.07, 6.45) is 0.343. The first-order chi connectivity index (χ1) is 21.4. The third-order valence-corrected chi connectivity index (χ3v) is 13.2. The molecule has 254 valence electrons. The number of morpholine rings is 1. The summed E-state index contributed by atoms with van der Waals surface area (Å²) in [5.41, 5.74) is 3.89. The van der Waals surface area contributed by atoms with Gasteiger partial charge >= 0.3 is 5.97 Å². The second-order valence-electron chi connectivity index (χ2n) is 14.8. The molecule has 1 saturated heterocycles. The summed E-state index contributed by atoms with van der Waals surface area (Å²) < 4.78 is 34.8. The molecule has 0 radical (unpaired) electrons. The van der Waals surface area contributed by atoms with Gasteiger partial charge in [0.15, 0.2) is 19.8 Å². The topological polar surface area (TPSA) is 102 Å². The lowest BCUT2D eigenvalue weighted by atomic mass is 10.0. The predicted molar refractivity (Wildman–Crippen MR) is 184 cm³/mol. The quantitative estimate of drug-likeness (QED) is 0.178. The molecule has 2 N–H and O–H groups in total. The number of carbonyl (C=O) groups is 1. The number of ether oxygens (including phenoxy) is 2. The molecule has 0 spiro atoms. The Hall–Kier alpha value is -3.06. The fourth-order valence-electron chi connectivity index (χ4n) is 5.03. The van der Waals surface area contributed by atoms with Crippen LogP contribution >= 0.6 is 0 Å². The first-order valence-corrected chi connectivity index (χ1v) is 19.2. The van der Waals surface area contributed by atoms with E-state index in [4.69, 9.17) is 24.0 Å². The monoisotopic (exact) mass is 656 g/mol. The number of benzene rings is 1. The molecule has 10 nitrogen and oxygen atoms in total. The standard InChI is InChI=1S/C34H53FN6O4Si/c1-23(21-45-46(9,10)34(6,7)8)36-20-26-25(12-11-13-27(26)35)18-30-29(22-44-24(2)42)37-32-28(38-33(3,4)5)19-31(39-41(30)32)40-14-16-43-17-15-40/h11-13,19,23,36,38H,14-18,20-22H2,1-10H3. The van der Waals surface area contributed by atoms with Crippen LogP contribution in [0.25, 0.3) is 5.65 Å². The smallest absolute Gasteiger partial charge is 0.303 e. The number of imidazole rings is 1. The molecule has 1 atom stereocenters. The van der Waals surface area contributed by atoms with Gasteiger partial charge in [0.25, 0.3) is 0 Å². The third kappa shape index (κ3) is 9.05. The first kappa shape index (κ1) is 35.8. The molecular formula is C34H53FN6O4Si. The second-order valence-corrected chi connectivity index (χ2v) is 19.6. The molecule has 3 heterocycles. The summed E-state index contributed by atoms with van der Waals surface area (Å²) in [4.78, 5) is 19.0. The lowest BCUT2D eigenvalue weighted by molar-refractivity contribution is -0.142. The van der Waals surface area contributed by atoms with Crippen molar-refractivity contribution < 1.29 is 23.1 Å². The van der Waals surface area contributed by atoms with E-state index in [-0.39, 0.29) is 29.0 Å². The largest absolute Gasteiger partial charge is 0.459 e. The van der Waals surface area contributed by atoms with Crippen LogP contribution in [0.2, 0.25) is 18.1 Å². The van der Waals surface area contributed by atoms with Crippen LogP contribution in [-0.4, -0.2) is 73.4 Å². The number of nitrogens with one attached hydrogen (secondary N) is 2. The molecule has 12 heteroatoms. The molecule has 4 rings (SSSR count). The lowest BCUT2D eigenvalue weighted by Crippen LogP contribution is -2.44. The normalized spacial score (nSPS) is 15.3. The molecule has 1 aliphatic rings. The highest BCUT2D eigenvalue weighted by molar-refractivity contribution is 6.74. The Labute approximate surface area is 274 Å². The molecule has 0 saturated carbocycles. The first-order valence-electron chi connectivity index (χ1n) is 16.2. The lowest BCUT2D eigenvalue weighted by Gasteiger charge is -2.37. The summed E-state index contributed by atoms with van der Waals surface area (Å²) in [7, 11) is -1.91. The molecule has 1 fully saturated rings. The molecular weight excluding hydrogens is 603 g/mol. The van der Waals surface area contributed by atoms with Crippen LogP contribution in [0.3, 0.4) is 0 Å². The van der Waals surface area contributed by atoms with Crippen molar-refractivity contribution in [2.24, 2.45) is 0 Å². The van der Waals surface area contributed by atoms with E-state index < -0.39 is 14.3 Å². The molecule has 0 amide bonds. The van der Waals surface area contributed by atoms with Crippen molar-refractivity contribution in [2.75, 3.05) is 43.1 Å². The number of hydrogen-bond donors (Lipinski definition) is 2. The van der Waals surface area contributed by atoms with Crippen LogP contribution in [0.4, 0.5) is 15.9 Å². The number of hydrogen-bond acceptors (Lipinski definition) is 9. The van der Waals surface area contributed by atoms with Crippen LogP contribution in [-0.2, 0) is 38.3 Å². The van der Waals surface area contributed by atoms with E-state index in [1.54, 1.807) is 6.07 Å². The number of halogens is 1. The van der Waals surface area contributed by atoms with Gasteiger partial charge in [0.2, 0.25) is 0 Å². The van der Waals surface area contributed by atoms with Crippen molar-refractivity contribution in [3.63, 3.8) is 0 Å². The number of esters is 1. The van der Waals surface area contributed by atoms with Crippen LogP contribution in [0.1, 0.15) is 77.9 Å². The molecule has 1 aromatic carbocycles. The Morgan fingerprint density at radius 2 is 1.85 bits per heavy atom. The van der Waals surface area contributed by atoms with Gasteiger partial charge in [0.1, 0.15) is 18.1 Å². The molecule has 0 aliphatic carbocycles. The maximum atomic E-state index is 15.5. The molecule has 1 aliphatic heterocycles.